The Balaban J connectivity index is 1.56. The highest BCUT2D eigenvalue weighted by molar-refractivity contribution is 9.09. The van der Waals surface area contributed by atoms with Gasteiger partial charge in [0.2, 0.25) is 0 Å². The summed E-state index contributed by atoms with van der Waals surface area (Å²) in [6.45, 7) is 5.01. The Morgan fingerprint density at radius 1 is 0.583 bits per heavy atom. The second-order valence-electron chi connectivity index (χ2n) is 8.52. The van der Waals surface area contributed by atoms with E-state index in [4.69, 9.17) is 0 Å². The van der Waals surface area contributed by atoms with Gasteiger partial charge in [-0.1, -0.05) is 45.7 Å². The van der Waals surface area contributed by atoms with Gasteiger partial charge in [-0.05, 0) is 76.0 Å². The van der Waals surface area contributed by atoms with E-state index in [1.807, 2.05) is 0 Å². The zero-order valence-electron chi connectivity index (χ0n) is 15.3. The van der Waals surface area contributed by atoms with Crippen molar-refractivity contribution in [3.63, 3.8) is 0 Å². The van der Waals surface area contributed by atoms with Crippen molar-refractivity contribution in [2.24, 2.45) is 11.8 Å². The molecule has 3 fully saturated rings. The van der Waals surface area contributed by atoms with Crippen molar-refractivity contribution in [3.05, 3.63) is 0 Å². The maximum absolute atomic E-state index is 3.82. The van der Waals surface area contributed by atoms with Gasteiger partial charge in [-0.15, -0.1) is 0 Å². The molecule has 0 bridgehead atoms. The molecular formula is C20H34Br2S2. The molecule has 0 N–H and O–H groups in total. The molecule has 0 heterocycles. The predicted molar refractivity (Wildman–Crippen MR) is 120 cm³/mol. The van der Waals surface area contributed by atoms with Gasteiger partial charge in [-0.3, -0.25) is 0 Å². The van der Waals surface area contributed by atoms with Crippen LogP contribution in [0.3, 0.4) is 0 Å². The quantitative estimate of drug-likeness (QED) is 0.365. The molecule has 3 saturated carbocycles. The van der Waals surface area contributed by atoms with Gasteiger partial charge in [0.25, 0.3) is 0 Å². The van der Waals surface area contributed by atoms with Crippen LogP contribution in [0, 0.1) is 11.8 Å². The third kappa shape index (κ3) is 5.83. The van der Waals surface area contributed by atoms with Gasteiger partial charge in [0.1, 0.15) is 0 Å². The molecule has 3 rings (SSSR count). The number of hydrogen-bond donors (Lipinski definition) is 0. The summed E-state index contributed by atoms with van der Waals surface area (Å²) in [7, 11) is 0. The molecule has 4 atom stereocenters. The summed E-state index contributed by atoms with van der Waals surface area (Å²) in [6.07, 6.45) is 14.2. The molecule has 3 aliphatic carbocycles. The molecule has 0 radical (unpaired) electrons. The first-order chi connectivity index (χ1) is 11.5. The SMILES string of the molecule is CC1CC(SC2CCC(Br)CC2)C(SC2CCC(Br)CC2)CC1C. The van der Waals surface area contributed by atoms with Crippen molar-refractivity contribution in [3.8, 4) is 0 Å². The van der Waals surface area contributed by atoms with Crippen LogP contribution in [0.4, 0.5) is 0 Å². The highest BCUT2D eigenvalue weighted by Gasteiger charge is 2.37. The number of alkyl halides is 2. The van der Waals surface area contributed by atoms with Gasteiger partial charge < -0.3 is 0 Å². The Bertz CT molecular complexity index is 340. The molecule has 140 valence electrons. The zero-order chi connectivity index (χ0) is 17.1. The number of hydrogen-bond acceptors (Lipinski definition) is 2. The van der Waals surface area contributed by atoms with Crippen LogP contribution in [-0.4, -0.2) is 30.7 Å². The molecule has 3 aliphatic rings. The summed E-state index contributed by atoms with van der Waals surface area (Å²) in [4.78, 5) is 1.59. The summed E-state index contributed by atoms with van der Waals surface area (Å²) in [5.41, 5.74) is 0. The van der Waals surface area contributed by atoms with Crippen molar-refractivity contribution in [1.82, 2.24) is 0 Å². The minimum absolute atomic E-state index is 0.796. The number of halogens is 2. The molecule has 24 heavy (non-hydrogen) atoms. The predicted octanol–water partition coefficient (Wildman–Crippen LogP) is 7.67. The van der Waals surface area contributed by atoms with E-state index < -0.39 is 0 Å². The van der Waals surface area contributed by atoms with Crippen molar-refractivity contribution in [1.29, 1.82) is 0 Å². The largest absolute Gasteiger partial charge is 0.154 e. The van der Waals surface area contributed by atoms with Gasteiger partial charge in [-0.2, -0.15) is 23.5 Å². The highest BCUT2D eigenvalue weighted by Crippen LogP contribution is 2.47. The van der Waals surface area contributed by atoms with Crippen LogP contribution >= 0.6 is 55.4 Å². The molecule has 0 amide bonds. The summed E-state index contributed by atoms with van der Waals surface area (Å²) in [5, 5.41) is 3.70. The van der Waals surface area contributed by atoms with E-state index in [1.54, 1.807) is 0 Å². The Labute approximate surface area is 175 Å². The zero-order valence-corrected chi connectivity index (χ0v) is 20.1. The minimum atomic E-state index is 0.796. The van der Waals surface area contributed by atoms with Crippen LogP contribution < -0.4 is 0 Å². The molecule has 0 aromatic heterocycles. The van der Waals surface area contributed by atoms with Gasteiger partial charge in [0, 0.05) is 30.7 Å². The number of rotatable bonds is 4. The summed E-state index contributed by atoms with van der Waals surface area (Å²) >= 11 is 12.4. The monoisotopic (exact) mass is 496 g/mol. The van der Waals surface area contributed by atoms with Crippen LogP contribution in [0.5, 0.6) is 0 Å². The Kier molecular flexibility index (Phi) is 8.27. The van der Waals surface area contributed by atoms with Crippen LogP contribution in [-0.2, 0) is 0 Å². The van der Waals surface area contributed by atoms with Gasteiger partial charge >= 0.3 is 0 Å². The van der Waals surface area contributed by atoms with E-state index in [0.717, 1.165) is 42.5 Å². The minimum Gasteiger partial charge on any atom is -0.154 e. The first-order valence-electron chi connectivity index (χ1n) is 10.1. The number of thioether (sulfide) groups is 2. The summed E-state index contributed by atoms with van der Waals surface area (Å²) in [5.74, 6) is 1.84. The summed E-state index contributed by atoms with van der Waals surface area (Å²) < 4.78 is 0. The van der Waals surface area contributed by atoms with Crippen LogP contribution in [0.2, 0.25) is 0 Å². The van der Waals surface area contributed by atoms with E-state index in [9.17, 15) is 0 Å². The average molecular weight is 498 g/mol. The fourth-order valence-electron chi connectivity index (χ4n) is 4.60. The molecule has 4 heteroatoms. The lowest BCUT2D eigenvalue weighted by Gasteiger charge is -2.42. The standard InChI is InChI=1S/C20H34Br2S2/c1-13-11-19(23-17-7-3-15(21)4-8-17)20(12-14(13)2)24-18-9-5-16(22)6-10-18/h13-20H,3-12H2,1-2H3. The lowest BCUT2D eigenvalue weighted by Crippen LogP contribution is -2.36. The first-order valence-corrected chi connectivity index (χ1v) is 13.8. The van der Waals surface area contributed by atoms with Crippen molar-refractivity contribution < 1.29 is 0 Å². The van der Waals surface area contributed by atoms with Crippen molar-refractivity contribution >= 4 is 55.4 Å². The lowest BCUT2D eigenvalue weighted by molar-refractivity contribution is 0.288. The van der Waals surface area contributed by atoms with Crippen LogP contribution in [0.15, 0.2) is 0 Å². The van der Waals surface area contributed by atoms with E-state index in [2.05, 4.69) is 69.2 Å². The molecule has 0 aliphatic heterocycles. The Morgan fingerprint density at radius 2 is 0.917 bits per heavy atom. The Hall–Kier alpha value is 1.66. The molecule has 0 saturated heterocycles. The lowest BCUT2D eigenvalue weighted by atomic mass is 9.81. The van der Waals surface area contributed by atoms with E-state index in [0.29, 0.717) is 0 Å². The van der Waals surface area contributed by atoms with Crippen molar-refractivity contribution in [2.75, 3.05) is 0 Å². The maximum Gasteiger partial charge on any atom is 0.0172 e. The highest BCUT2D eigenvalue weighted by atomic mass is 79.9. The second-order valence-corrected chi connectivity index (χ2v) is 14.2. The second kappa shape index (κ2) is 9.73. The summed E-state index contributed by atoms with van der Waals surface area (Å²) in [6, 6.07) is 0. The smallest absolute Gasteiger partial charge is 0.0172 e. The third-order valence-corrected chi connectivity index (χ3v) is 12.0. The maximum atomic E-state index is 3.82. The fraction of sp³-hybridized carbons (Fsp3) is 1.00. The van der Waals surface area contributed by atoms with Crippen LogP contribution in [0.25, 0.3) is 0 Å². The van der Waals surface area contributed by atoms with Gasteiger partial charge in [-0.25, -0.2) is 0 Å². The topological polar surface area (TPSA) is 0 Å². The van der Waals surface area contributed by atoms with E-state index >= 15 is 0 Å². The third-order valence-electron chi connectivity index (χ3n) is 6.54. The van der Waals surface area contributed by atoms with Gasteiger partial charge in [0.15, 0.2) is 0 Å². The fourth-order valence-corrected chi connectivity index (χ4v) is 9.52. The molecule has 4 unspecified atom stereocenters. The molecular weight excluding hydrogens is 464 g/mol. The molecule has 0 aromatic rings. The first kappa shape index (κ1) is 20.4. The van der Waals surface area contributed by atoms with E-state index in [-0.39, 0.29) is 0 Å². The normalized spacial score (nSPS) is 47.5. The molecule has 0 aromatic carbocycles. The molecule has 0 spiro atoms. The van der Waals surface area contributed by atoms with Gasteiger partial charge in [0.05, 0.1) is 0 Å². The van der Waals surface area contributed by atoms with E-state index in [1.165, 1.54) is 64.2 Å². The average Bonchev–Trinajstić information content (AvgIpc) is 2.56. The van der Waals surface area contributed by atoms with Crippen molar-refractivity contribution in [2.45, 2.75) is 109 Å². The Morgan fingerprint density at radius 3 is 1.25 bits per heavy atom. The molecule has 0 nitrogen and oxygen atoms in total. The van der Waals surface area contributed by atoms with Crippen LogP contribution in [0.1, 0.15) is 78.1 Å².